The average Bonchev–Trinajstić information content (AvgIpc) is 2.75. The van der Waals surface area contributed by atoms with Crippen LogP contribution < -0.4 is 10.0 Å². The normalized spacial score (nSPS) is 12.9. The van der Waals surface area contributed by atoms with Gasteiger partial charge in [-0.15, -0.1) is 0 Å². The smallest absolute Gasteiger partial charge is 0.379 e. The fourth-order valence-electron chi connectivity index (χ4n) is 2.97. The van der Waals surface area contributed by atoms with Crippen LogP contribution in [0.1, 0.15) is 33.3 Å². The third-order valence-corrected chi connectivity index (χ3v) is 4.60. The molecule has 1 atom stereocenters. The Labute approximate surface area is 186 Å². The van der Waals surface area contributed by atoms with Gasteiger partial charge in [-0.25, -0.2) is 4.39 Å². The highest BCUT2D eigenvalue weighted by Gasteiger charge is 2.42. The molecule has 2 aromatic heterocycles. The Morgan fingerprint density at radius 3 is 2.32 bits per heavy atom. The Balaban J connectivity index is 1.90. The second-order valence-electron chi connectivity index (χ2n) is 7.10. The van der Waals surface area contributed by atoms with Crippen LogP contribution in [0, 0.1) is 5.82 Å². The molecular weight excluding hydrogens is 475 g/mol. The van der Waals surface area contributed by atoms with E-state index < -0.39 is 41.4 Å². The molecule has 2 heterocycles. The number of aromatic nitrogens is 2. The topological polar surface area (TPSA) is 86.3 Å². The van der Waals surface area contributed by atoms with E-state index in [1.807, 2.05) is 0 Å². The Hall–Kier alpha value is -3.74. The van der Waals surface area contributed by atoms with E-state index in [9.17, 15) is 45.8 Å². The number of hydrogen-bond acceptors (Lipinski definition) is 4. The van der Waals surface area contributed by atoms with Crippen molar-refractivity contribution in [2.24, 2.45) is 0 Å². The van der Waals surface area contributed by atoms with Crippen molar-refractivity contribution in [3.8, 4) is 11.3 Å². The molecule has 1 aromatic carbocycles. The van der Waals surface area contributed by atoms with E-state index in [2.05, 4.69) is 10.3 Å². The number of pyridine rings is 2. The van der Waals surface area contributed by atoms with Gasteiger partial charge in [0.25, 0.3) is 5.91 Å². The van der Waals surface area contributed by atoms with Crippen LogP contribution in [0.4, 0.5) is 30.7 Å². The summed E-state index contributed by atoms with van der Waals surface area (Å²) in [6.07, 6.45) is -11.3. The second-order valence-corrected chi connectivity index (χ2v) is 7.10. The molecule has 0 spiro atoms. The first-order chi connectivity index (χ1) is 15.8. The van der Waals surface area contributed by atoms with E-state index in [-0.39, 0.29) is 33.7 Å². The van der Waals surface area contributed by atoms with E-state index in [0.29, 0.717) is 12.3 Å². The van der Waals surface area contributed by atoms with Crippen LogP contribution in [0.3, 0.4) is 0 Å². The molecule has 3 N–H and O–H groups in total. The number of carbonyl (C=O) groups is 1. The quantitative estimate of drug-likeness (QED) is 0.287. The molecule has 34 heavy (non-hydrogen) atoms. The molecule has 1 unspecified atom stereocenters. The maximum Gasteiger partial charge on any atom is 0.482 e. The molecule has 13 heteroatoms. The van der Waals surface area contributed by atoms with Gasteiger partial charge in [0.15, 0.2) is 6.10 Å². The average molecular weight is 490 g/mol. The monoisotopic (exact) mass is 490 g/mol. The number of nitrogens with one attached hydrogen (secondary N) is 1. The van der Waals surface area contributed by atoms with Gasteiger partial charge in [0, 0.05) is 34.0 Å². The highest BCUT2D eigenvalue weighted by molar-refractivity contribution is 5.95. The van der Waals surface area contributed by atoms with Crippen LogP contribution in [-0.2, 0) is 12.7 Å². The molecule has 1 amide bonds. The largest absolute Gasteiger partial charge is 0.482 e. The van der Waals surface area contributed by atoms with Crippen LogP contribution in [-0.4, -0.2) is 27.4 Å². The minimum absolute atomic E-state index is 0.0197. The molecule has 3 rings (SSSR count). The number of benzene rings is 1. The molecule has 0 saturated heterocycles. The third-order valence-electron chi connectivity index (χ3n) is 4.60. The SMILES string of the molecule is O=C(NCc1ccc(C(F)(F)F)[n+](O)c1)c1cc(-c2ccc(F)cn2)cc(C(O)C(F)(F)F)c1. The first-order valence-electron chi connectivity index (χ1n) is 9.36. The summed E-state index contributed by atoms with van der Waals surface area (Å²) in [5, 5.41) is 21.4. The zero-order valence-electron chi connectivity index (χ0n) is 16.8. The number of hydrogen-bond donors (Lipinski definition) is 3. The zero-order valence-corrected chi connectivity index (χ0v) is 16.8. The number of alkyl halides is 6. The number of amides is 1. The number of aliphatic hydroxyl groups excluding tert-OH is 1. The summed E-state index contributed by atoms with van der Waals surface area (Å²) < 4.78 is 90.3. The summed E-state index contributed by atoms with van der Waals surface area (Å²) in [6, 6.07) is 6.63. The number of nitrogens with zero attached hydrogens (tertiary/aromatic N) is 2. The maximum absolute atomic E-state index is 13.2. The van der Waals surface area contributed by atoms with Gasteiger partial charge in [-0.2, -0.15) is 26.3 Å². The number of rotatable bonds is 5. The van der Waals surface area contributed by atoms with Gasteiger partial charge in [-0.05, 0) is 42.0 Å². The Kier molecular flexibility index (Phi) is 6.77. The highest BCUT2D eigenvalue weighted by atomic mass is 19.4. The minimum Gasteiger partial charge on any atom is -0.379 e. The highest BCUT2D eigenvalue weighted by Crippen LogP contribution is 2.35. The Bertz CT molecular complexity index is 1200. The van der Waals surface area contributed by atoms with Gasteiger partial charge in [0.2, 0.25) is 6.20 Å². The molecule has 0 aliphatic heterocycles. The molecular formula is C21H15F7N3O3+. The summed E-state index contributed by atoms with van der Waals surface area (Å²) >= 11 is 0. The van der Waals surface area contributed by atoms with Crippen molar-refractivity contribution in [1.29, 1.82) is 0 Å². The van der Waals surface area contributed by atoms with Gasteiger partial charge in [-0.3, -0.25) is 15.0 Å². The predicted octanol–water partition coefficient (Wildman–Crippen LogP) is 3.96. The fraction of sp³-hybridized carbons (Fsp3) is 0.190. The van der Waals surface area contributed by atoms with Gasteiger partial charge in [-0.1, -0.05) is 0 Å². The molecule has 3 aromatic rings. The second kappa shape index (κ2) is 9.25. The standard InChI is InChI=1S/C21H14F7N3O3/c22-15-2-3-16(29-9-15)12-5-13(18(32)21(26,27)28)7-14(6-12)19(33)30-8-11-1-4-17(20(23,24)25)31(34)10-11/h1-7,9-10,18,32H,8H2,(H-,30,33,34)/p+1. The fourth-order valence-corrected chi connectivity index (χ4v) is 2.97. The summed E-state index contributed by atoms with van der Waals surface area (Å²) in [6.45, 7) is -0.381. The Morgan fingerprint density at radius 2 is 1.76 bits per heavy atom. The number of aliphatic hydroxyl groups is 1. The minimum atomic E-state index is -5.04. The predicted molar refractivity (Wildman–Crippen MR) is 101 cm³/mol. The van der Waals surface area contributed by atoms with Crippen LogP contribution in [0.2, 0.25) is 0 Å². The summed E-state index contributed by atoms with van der Waals surface area (Å²) in [7, 11) is 0. The van der Waals surface area contributed by atoms with E-state index in [1.165, 1.54) is 0 Å². The van der Waals surface area contributed by atoms with Crippen molar-refractivity contribution in [3.63, 3.8) is 0 Å². The third kappa shape index (κ3) is 5.78. The zero-order chi connectivity index (χ0) is 25.3. The summed E-state index contributed by atoms with van der Waals surface area (Å²) in [4.78, 5) is 16.3. The van der Waals surface area contributed by atoms with Gasteiger partial charge in [0.1, 0.15) is 5.82 Å². The molecule has 0 aliphatic carbocycles. The first kappa shape index (κ1) is 24.9. The van der Waals surface area contributed by atoms with Crippen molar-refractivity contribution in [1.82, 2.24) is 10.3 Å². The summed E-state index contributed by atoms with van der Waals surface area (Å²) in [5.74, 6) is -1.63. The van der Waals surface area contributed by atoms with E-state index >= 15 is 0 Å². The van der Waals surface area contributed by atoms with Crippen LogP contribution in [0.5, 0.6) is 0 Å². The lowest BCUT2D eigenvalue weighted by atomic mass is 9.99. The first-order valence-corrected chi connectivity index (χ1v) is 9.36. The van der Waals surface area contributed by atoms with Crippen LogP contribution in [0.15, 0.2) is 54.9 Å². The van der Waals surface area contributed by atoms with Gasteiger partial charge >= 0.3 is 18.0 Å². The lowest BCUT2D eigenvalue weighted by Gasteiger charge is -2.17. The van der Waals surface area contributed by atoms with Gasteiger partial charge in [0.05, 0.1) is 11.9 Å². The van der Waals surface area contributed by atoms with Crippen molar-refractivity contribution >= 4 is 5.91 Å². The molecule has 6 nitrogen and oxygen atoms in total. The molecule has 0 saturated carbocycles. The molecule has 0 bridgehead atoms. The summed E-state index contributed by atoms with van der Waals surface area (Å²) in [5.41, 5.74) is -2.30. The molecule has 0 fully saturated rings. The lowest BCUT2D eigenvalue weighted by molar-refractivity contribution is -0.915. The van der Waals surface area contributed by atoms with Crippen molar-refractivity contribution < 1.29 is 50.6 Å². The Morgan fingerprint density at radius 1 is 1.06 bits per heavy atom. The van der Waals surface area contributed by atoms with Crippen LogP contribution >= 0.6 is 0 Å². The van der Waals surface area contributed by atoms with Crippen molar-refractivity contribution in [2.45, 2.75) is 25.0 Å². The maximum atomic E-state index is 13.2. The van der Waals surface area contributed by atoms with Crippen LogP contribution in [0.25, 0.3) is 11.3 Å². The van der Waals surface area contributed by atoms with E-state index in [0.717, 1.165) is 42.6 Å². The van der Waals surface area contributed by atoms with E-state index in [4.69, 9.17) is 0 Å². The molecule has 180 valence electrons. The number of carbonyl (C=O) groups excluding carboxylic acids is 1. The molecule has 0 aliphatic rings. The van der Waals surface area contributed by atoms with Crippen molar-refractivity contribution in [3.05, 3.63) is 83.1 Å². The number of halogens is 7. The van der Waals surface area contributed by atoms with Crippen molar-refractivity contribution in [2.75, 3.05) is 0 Å². The van der Waals surface area contributed by atoms with Gasteiger partial charge < -0.3 is 10.4 Å². The lowest BCUT2D eigenvalue weighted by Crippen LogP contribution is -2.40. The van der Waals surface area contributed by atoms with E-state index in [1.54, 1.807) is 0 Å². The molecule has 0 radical (unpaired) electrons.